The number of amides is 1. The van der Waals surface area contributed by atoms with E-state index in [9.17, 15) is 9.59 Å². The Hall–Kier alpha value is -3.39. The van der Waals surface area contributed by atoms with Crippen LogP contribution in [0.5, 0.6) is 0 Å². The lowest BCUT2D eigenvalue weighted by atomic mass is 10.0. The number of methoxy groups -OCH3 is 1. The SMILES string of the molecule is COC(=O)/C=C/CN(C)C(=O)c1ccc(-c2ccc(C#N)cc2)cc1. The minimum absolute atomic E-state index is 0.138. The molecule has 5 nitrogen and oxygen atoms in total. The number of esters is 1. The highest BCUT2D eigenvalue weighted by molar-refractivity contribution is 5.94. The predicted octanol–water partition coefficient (Wildman–Crippen LogP) is 3.03. The van der Waals surface area contributed by atoms with Gasteiger partial charge < -0.3 is 9.64 Å². The summed E-state index contributed by atoms with van der Waals surface area (Å²) in [4.78, 5) is 24.9. The van der Waals surface area contributed by atoms with E-state index in [1.807, 2.05) is 24.3 Å². The molecule has 25 heavy (non-hydrogen) atoms. The Balaban J connectivity index is 2.05. The smallest absolute Gasteiger partial charge is 0.330 e. The molecule has 0 heterocycles. The Morgan fingerprint density at radius 3 is 2.16 bits per heavy atom. The molecule has 5 heteroatoms. The normalized spacial score (nSPS) is 10.3. The lowest BCUT2D eigenvalue weighted by molar-refractivity contribution is -0.134. The van der Waals surface area contributed by atoms with Gasteiger partial charge in [-0.2, -0.15) is 5.26 Å². The molecule has 0 atom stereocenters. The van der Waals surface area contributed by atoms with Gasteiger partial charge >= 0.3 is 5.97 Å². The van der Waals surface area contributed by atoms with Crippen LogP contribution in [0.2, 0.25) is 0 Å². The lowest BCUT2D eigenvalue weighted by Crippen LogP contribution is -2.26. The van der Waals surface area contributed by atoms with Crippen molar-refractivity contribution in [3.05, 3.63) is 71.8 Å². The van der Waals surface area contributed by atoms with Gasteiger partial charge in [-0.25, -0.2) is 4.79 Å². The van der Waals surface area contributed by atoms with Crippen molar-refractivity contribution in [1.29, 1.82) is 5.26 Å². The summed E-state index contributed by atoms with van der Waals surface area (Å²) in [6, 6.07) is 16.6. The quantitative estimate of drug-likeness (QED) is 0.622. The Morgan fingerprint density at radius 1 is 1.08 bits per heavy atom. The molecule has 0 N–H and O–H groups in total. The van der Waals surface area contributed by atoms with E-state index in [0.29, 0.717) is 17.7 Å². The van der Waals surface area contributed by atoms with Gasteiger partial charge in [-0.05, 0) is 35.4 Å². The van der Waals surface area contributed by atoms with Crippen LogP contribution in [0, 0.1) is 11.3 Å². The first-order chi connectivity index (χ1) is 12.0. The maximum absolute atomic E-state index is 12.4. The summed E-state index contributed by atoms with van der Waals surface area (Å²) < 4.78 is 4.50. The van der Waals surface area contributed by atoms with Gasteiger partial charge in [0.2, 0.25) is 0 Å². The molecule has 0 unspecified atom stereocenters. The monoisotopic (exact) mass is 334 g/mol. The van der Waals surface area contributed by atoms with Gasteiger partial charge in [0.1, 0.15) is 0 Å². The third-order valence-corrected chi connectivity index (χ3v) is 3.66. The van der Waals surface area contributed by atoms with Crippen molar-refractivity contribution in [2.75, 3.05) is 20.7 Å². The van der Waals surface area contributed by atoms with Gasteiger partial charge in [0.05, 0.1) is 18.7 Å². The van der Waals surface area contributed by atoms with Crippen LogP contribution in [0.25, 0.3) is 11.1 Å². The number of ether oxygens (including phenoxy) is 1. The fraction of sp³-hybridized carbons (Fsp3) is 0.150. The number of hydrogen-bond donors (Lipinski definition) is 0. The van der Waals surface area contributed by atoms with Crippen LogP contribution in [0.1, 0.15) is 15.9 Å². The third-order valence-electron chi connectivity index (χ3n) is 3.66. The molecule has 0 aliphatic heterocycles. The minimum Gasteiger partial charge on any atom is -0.466 e. The van der Waals surface area contributed by atoms with Gasteiger partial charge in [0.25, 0.3) is 5.91 Å². The van der Waals surface area contributed by atoms with Crippen molar-refractivity contribution in [2.45, 2.75) is 0 Å². The number of hydrogen-bond acceptors (Lipinski definition) is 4. The topological polar surface area (TPSA) is 70.4 Å². The average Bonchev–Trinajstić information content (AvgIpc) is 2.67. The van der Waals surface area contributed by atoms with Crippen LogP contribution >= 0.6 is 0 Å². The number of benzene rings is 2. The zero-order chi connectivity index (χ0) is 18.2. The van der Waals surface area contributed by atoms with Crippen molar-refractivity contribution >= 4 is 11.9 Å². The summed E-state index contributed by atoms with van der Waals surface area (Å²) in [6.07, 6.45) is 2.87. The fourth-order valence-electron chi connectivity index (χ4n) is 2.22. The molecule has 0 bridgehead atoms. The first-order valence-electron chi connectivity index (χ1n) is 7.65. The molecule has 126 valence electrons. The predicted molar refractivity (Wildman–Crippen MR) is 94.7 cm³/mol. The van der Waals surface area contributed by atoms with Gasteiger partial charge in [-0.15, -0.1) is 0 Å². The summed E-state index contributed by atoms with van der Waals surface area (Å²) in [7, 11) is 2.97. The highest BCUT2D eigenvalue weighted by Gasteiger charge is 2.10. The number of nitriles is 1. The average molecular weight is 334 g/mol. The molecular weight excluding hydrogens is 316 g/mol. The molecule has 0 fully saturated rings. The van der Waals surface area contributed by atoms with Crippen molar-refractivity contribution in [2.24, 2.45) is 0 Å². The summed E-state index contributed by atoms with van der Waals surface area (Å²) in [6.45, 7) is 0.311. The Morgan fingerprint density at radius 2 is 1.64 bits per heavy atom. The highest BCUT2D eigenvalue weighted by atomic mass is 16.5. The maximum Gasteiger partial charge on any atom is 0.330 e. The molecular formula is C20H18N2O3. The van der Waals surface area contributed by atoms with E-state index in [1.54, 1.807) is 37.4 Å². The van der Waals surface area contributed by atoms with Crippen molar-refractivity contribution < 1.29 is 14.3 Å². The molecule has 1 amide bonds. The van der Waals surface area contributed by atoms with Gasteiger partial charge in [0, 0.05) is 25.2 Å². The van der Waals surface area contributed by atoms with Crippen molar-refractivity contribution in [3.63, 3.8) is 0 Å². The summed E-state index contributed by atoms with van der Waals surface area (Å²) in [5, 5.41) is 8.83. The second-order valence-corrected chi connectivity index (χ2v) is 5.38. The standard InChI is InChI=1S/C20H18N2O3/c1-22(13-3-4-19(23)25-2)20(24)18-11-9-17(10-12-18)16-7-5-15(14-21)6-8-16/h3-12H,13H2,1-2H3/b4-3+. The van der Waals surface area contributed by atoms with Crippen molar-refractivity contribution in [1.82, 2.24) is 4.90 Å². The number of carbonyl (C=O) groups is 2. The number of carbonyl (C=O) groups excluding carboxylic acids is 2. The Labute approximate surface area is 146 Å². The number of likely N-dealkylation sites (N-methyl/N-ethyl adjacent to an activating group) is 1. The zero-order valence-corrected chi connectivity index (χ0v) is 14.1. The van der Waals surface area contributed by atoms with E-state index in [2.05, 4.69) is 10.8 Å². The van der Waals surface area contributed by atoms with Crippen molar-refractivity contribution in [3.8, 4) is 17.2 Å². The second-order valence-electron chi connectivity index (χ2n) is 5.38. The summed E-state index contributed by atoms with van der Waals surface area (Å²) >= 11 is 0. The lowest BCUT2D eigenvalue weighted by Gasteiger charge is -2.15. The molecule has 0 saturated carbocycles. The Kier molecular flexibility index (Phi) is 6.08. The van der Waals surface area contributed by atoms with E-state index in [0.717, 1.165) is 11.1 Å². The largest absolute Gasteiger partial charge is 0.466 e. The van der Waals surface area contributed by atoms with E-state index in [4.69, 9.17) is 5.26 Å². The fourth-order valence-corrected chi connectivity index (χ4v) is 2.22. The summed E-state index contributed by atoms with van der Waals surface area (Å²) in [5.41, 5.74) is 3.12. The van der Waals surface area contributed by atoms with Crippen LogP contribution in [-0.4, -0.2) is 37.5 Å². The van der Waals surface area contributed by atoms with Crippen LogP contribution in [0.15, 0.2) is 60.7 Å². The molecule has 0 aromatic heterocycles. The molecule has 0 spiro atoms. The number of rotatable bonds is 5. The molecule has 2 aromatic rings. The summed E-state index contributed by atoms with van der Waals surface area (Å²) in [5.74, 6) is -0.589. The molecule has 2 aromatic carbocycles. The first kappa shape index (κ1) is 18.0. The number of nitrogens with zero attached hydrogens (tertiary/aromatic N) is 2. The second kappa shape index (κ2) is 8.46. The molecule has 0 aliphatic carbocycles. The van der Waals surface area contributed by atoms with Crippen LogP contribution in [-0.2, 0) is 9.53 Å². The van der Waals surface area contributed by atoms with Crippen LogP contribution in [0.3, 0.4) is 0 Å². The van der Waals surface area contributed by atoms with E-state index in [-0.39, 0.29) is 5.91 Å². The van der Waals surface area contributed by atoms with Crippen LogP contribution < -0.4 is 0 Å². The molecule has 0 saturated heterocycles. The van der Waals surface area contributed by atoms with Gasteiger partial charge in [0.15, 0.2) is 0 Å². The van der Waals surface area contributed by atoms with Gasteiger partial charge in [-0.1, -0.05) is 30.3 Å². The highest BCUT2D eigenvalue weighted by Crippen LogP contribution is 2.20. The first-order valence-corrected chi connectivity index (χ1v) is 7.65. The maximum atomic E-state index is 12.4. The van der Waals surface area contributed by atoms with Crippen LogP contribution in [0.4, 0.5) is 0 Å². The molecule has 0 aliphatic rings. The third kappa shape index (κ3) is 4.79. The van der Waals surface area contributed by atoms with E-state index < -0.39 is 5.97 Å². The van der Waals surface area contributed by atoms with E-state index in [1.165, 1.54) is 18.1 Å². The van der Waals surface area contributed by atoms with Gasteiger partial charge in [-0.3, -0.25) is 4.79 Å². The minimum atomic E-state index is -0.451. The Bertz CT molecular complexity index is 816. The molecule has 0 radical (unpaired) electrons. The zero-order valence-electron chi connectivity index (χ0n) is 14.1. The van der Waals surface area contributed by atoms with E-state index >= 15 is 0 Å². The molecule has 2 rings (SSSR count).